The van der Waals surface area contributed by atoms with Gasteiger partial charge >= 0.3 is 6.09 Å². The number of piperidine rings is 1. The Bertz CT molecular complexity index is 961. The van der Waals surface area contributed by atoms with Crippen LogP contribution in [-0.4, -0.2) is 95.2 Å². The summed E-state index contributed by atoms with van der Waals surface area (Å²) in [7, 11) is 0. The number of hydrogen-bond acceptors (Lipinski definition) is 5. The number of benzene rings is 1. The molecular formula is C25H31N5O3. The number of anilines is 1. The fourth-order valence-electron chi connectivity index (χ4n) is 5.19. The maximum atomic E-state index is 12.9. The van der Waals surface area contributed by atoms with E-state index in [2.05, 4.69) is 20.9 Å². The van der Waals surface area contributed by atoms with E-state index in [0.717, 1.165) is 63.5 Å². The fraction of sp³-hybridized carbons (Fsp3) is 0.480. The number of hydrogen-bond donors (Lipinski definition) is 1. The number of carbonyl (C=O) groups excluding carboxylic acids is 1. The predicted octanol–water partition coefficient (Wildman–Crippen LogP) is 2.59. The van der Waals surface area contributed by atoms with Crippen LogP contribution in [0.15, 0.2) is 48.7 Å². The summed E-state index contributed by atoms with van der Waals surface area (Å²) in [5.41, 5.74) is 1.93. The van der Waals surface area contributed by atoms with Crippen molar-refractivity contribution >= 4 is 17.8 Å². The van der Waals surface area contributed by atoms with Crippen LogP contribution in [0, 0.1) is 0 Å². The van der Waals surface area contributed by atoms with E-state index in [4.69, 9.17) is 5.11 Å². The smallest absolute Gasteiger partial charge is 0.407 e. The summed E-state index contributed by atoms with van der Waals surface area (Å²) < 4.78 is 0. The lowest BCUT2D eigenvalue weighted by molar-refractivity contribution is 0.0246. The lowest BCUT2D eigenvalue weighted by Gasteiger charge is -2.48. The van der Waals surface area contributed by atoms with Crippen molar-refractivity contribution in [3.63, 3.8) is 0 Å². The summed E-state index contributed by atoms with van der Waals surface area (Å²) >= 11 is 0. The van der Waals surface area contributed by atoms with Crippen molar-refractivity contribution in [1.29, 1.82) is 0 Å². The molecule has 0 unspecified atom stereocenters. The molecule has 0 aliphatic carbocycles. The van der Waals surface area contributed by atoms with Crippen LogP contribution in [0.1, 0.15) is 34.7 Å². The third-order valence-electron chi connectivity index (χ3n) is 7.35. The van der Waals surface area contributed by atoms with Gasteiger partial charge in [-0.25, -0.2) is 9.78 Å². The first-order valence-electron chi connectivity index (χ1n) is 11.9. The lowest BCUT2D eigenvalue weighted by Crippen LogP contribution is -2.64. The first kappa shape index (κ1) is 21.7. The third-order valence-corrected chi connectivity index (χ3v) is 7.35. The summed E-state index contributed by atoms with van der Waals surface area (Å²) in [5, 5.41) is 9.11. The van der Waals surface area contributed by atoms with E-state index in [1.807, 2.05) is 47.5 Å². The molecule has 2 aromatic rings. The van der Waals surface area contributed by atoms with Gasteiger partial charge in [0.05, 0.1) is 0 Å². The molecule has 3 aliphatic heterocycles. The van der Waals surface area contributed by atoms with Gasteiger partial charge in [-0.3, -0.25) is 9.69 Å². The molecule has 1 aromatic heterocycles. The van der Waals surface area contributed by atoms with Crippen molar-refractivity contribution in [2.45, 2.75) is 24.8 Å². The molecule has 0 atom stereocenters. The molecule has 5 rings (SSSR count). The van der Waals surface area contributed by atoms with Gasteiger partial charge in [-0.15, -0.1) is 0 Å². The number of pyridine rings is 1. The molecule has 174 valence electrons. The lowest BCUT2D eigenvalue weighted by atomic mass is 9.89. The van der Waals surface area contributed by atoms with Gasteiger partial charge in [0.15, 0.2) is 0 Å². The normalized spacial score (nSPS) is 20.5. The summed E-state index contributed by atoms with van der Waals surface area (Å²) in [6, 6.07) is 14.4. The van der Waals surface area contributed by atoms with Crippen molar-refractivity contribution < 1.29 is 14.7 Å². The Kier molecular flexibility index (Phi) is 6.17. The quantitative estimate of drug-likeness (QED) is 0.773. The number of rotatable bonds is 4. The molecule has 1 aromatic carbocycles. The highest BCUT2D eigenvalue weighted by molar-refractivity contribution is 5.94. The number of carboxylic acid groups (broad SMARTS) is 1. The molecule has 0 spiro atoms. The molecule has 8 nitrogen and oxygen atoms in total. The second-order valence-corrected chi connectivity index (χ2v) is 9.24. The average Bonchev–Trinajstić information content (AvgIpc) is 2.84. The minimum absolute atomic E-state index is 0.102. The molecule has 1 N–H and O–H groups in total. The Balaban J connectivity index is 1.09. The van der Waals surface area contributed by atoms with E-state index >= 15 is 0 Å². The van der Waals surface area contributed by atoms with Gasteiger partial charge in [-0.05, 0) is 48.6 Å². The first-order valence-corrected chi connectivity index (χ1v) is 11.9. The van der Waals surface area contributed by atoms with Crippen molar-refractivity contribution in [3.8, 4) is 0 Å². The van der Waals surface area contributed by atoms with Gasteiger partial charge < -0.3 is 19.8 Å². The molecule has 3 aliphatic rings. The summed E-state index contributed by atoms with van der Waals surface area (Å²) in [5.74, 6) is 1.51. The van der Waals surface area contributed by atoms with Gasteiger partial charge in [0, 0.05) is 70.2 Å². The predicted molar refractivity (Wildman–Crippen MR) is 126 cm³/mol. The Labute approximate surface area is 194 Å². The molecule has 0 bridgehead atoms. The molecule has 0 radical (unpaired) electrons. The molecule has 3 saturated heterocycles. The maximum Gasteiger partial charge on any atom is 0.407 e. The molecule has 3 fully saturated rings. The number of carbonyl (C=O) groups is 2. The van der Waals surface area contributed by atoms with E-state index in [-0.39, 0.29) is 5.91 Å². The van der Waals surface area contributed by atoms with Crippen molar-refractivity contribution in [2.75, 3.05) is 57.3 Å². The average molecular weight is 450 g/mol. The van der Waals surface area contributed by atoms with Gasteiger partial charge in [0.25, 0.3) is 5.91 Å². The summed E-state index contributed by atoms with van der Waals surface area (Å²) in [6.45, 7) is 6.66. The highest BCUT2D eigenvalue weighted by Crippen LogP contribution is 2.29. The van der Waals surface area contributed by atoms with E-state index < -0.39 is 6.09 Å². The SMILES string of the molecule is O=C(O)N1CCC(c2ccc(C(=O)N3CC(N4CCN(c5ccccn5)CC4)C3)cc2)CC1. The van der Waals surface area contributed by atoms with Crippen LogP contribution in [0.5, 0.6) is 0 Å². The van der Waals surface area contributed by atoms with Crippen LogP contribution >= 0.6 is 0 Å². The zero-order valence-corrected chi connectivity index (χ0v) is 18.8. The van der Waals surface area contributed by atoms with Crippen LogP contribution in [-0.2, 0) is 0 Å². The Morgan fingerprint density at radius 2 is 1.55 bits per heavy atom. The van der Waals surface area contributed by atoms with Gasteiger partial charge in [0.2, 0.25) is 0 Å². The summed E-state index contributed by atoms with van der Waals surface area (Å²) in [4.78, 5) is 36.7. The molecule has 0 saturated carbocycles. The second-order valence-electron chi connectivity index (χ2n) is 9.24. The second kappa shape index (κ2) is 9.39. The monoisotopic (exact) mass is 449 g/mol. The zero-order chi connectivity index (χ0) is 22.8. The zero-order valence-electron chi connectivity index (χ0n) is 18.8. The highest BCUT2D eigenvalue weighted by atomic mass is 16.4. The minimum atomic E-state index is -0.836. The van der Waals surface area contributed by atoms with Crippen molar-refractivity contribution in [3.05, 3.63) is 59.8 Å². The topological polar surface area (TPSA) is 80.2 Å². The molecule has 2 amide bonds. The van der Waals surface area contributed by atoms with E-state index in [1.165, 1.54) is 10.5 Å². The van der Waals surface area contributed by atoms with E-state index in [9.17, 15) is 9.59 Å². The van der Waals surface area contributed by atoms with Gasteiger partial charge in [-0.2, -0.15) is 0 Å². The molecule has 33 heavy (non-hydrogen) atoms. The largest absolute Gasteiger partial charge is 0.465 e. The van der Waals surface area contributed by atoms with Crippen molar-refractivity contribution in [1.82, 2.24) is 19.7 Å². The minimum Gasteiger partial charge on any atom is -0.465 e. The molecular weight excluding hydrogens is 418 g/mol. The molecule has 8 heteroatoms. The maximum absolute atomic E-state index is 12.9. The number of nitrogens with zero attached hydrogens (tertiary/aromatic N) is 5. The number of aromatic nitrogens is 1. The van der Waals surface area contributed by atoms with Crippen LogP contribution < -0.4 is 4.90 Å². The van der Waals surface area contributed by atoms with E-state index in [0.29, 0.717) is 25.0 Å². The standard InChI is InChI=1S/C25H31N5O3/c31-24(21-6-4-19(5-7-21)20-8-11-29(12-9-20)25(32)33)30-17-22(18-30)27-13-15-28(16-14-27)23-3-1-2-10-26-23/h1-7,10,20,22H,8-9,11-18H2,(H,32,33). The number of likely N-dealkylation sites (tertiary alicyclic amines) is 2. The Morgan fingerprint density at radius 3 is 2.15 bits per heavy atom. The number of amides is 2. The van der Waals surface area contributed by atoms with Crippen molar-refractivity contribution in [2.24, 2.45) is 0 Å². The third kappa shape index (κ3) is 4.66. The van der Waals surface area contributed by atoms with E-state index in [1.54, 1.807) is 0 Å². The van der Waals surface area contributed by atoms with Crippen LogP contribution in [0.25, 0.3) is 0 Å². The van der Waals surface area contributed by atoms with Crippen LogP contribution in [0.2, 0.25) is 0 Å². The Hall–Kier alpha value is -3.13. The first-order chi connectivity index (χ1) is 16.1. The fourth-order valence-corrected chi connectivity index (χ4v) is 5.19. The highest BCUT2D eigenvalue weighted by Gasteiger charge is 2.36. The Morgan fingerprint density at radius 1 is 0.848 bits per heavy atom. The van der Waals surface area contributed by atoms with Gasteiger partial charge in [-0.1, -0.05) is 18.2 Å². The van der Waals surface area contributed by atoms with Crippen LogP contribution in [0.4, 0.5) is 10.6 Å². The summed E-state index contributed by atoms with van der Waals surface area (Å²) in [6.07, 6.45) is 2.67. The van der Waals surface area contributed by atoms with Gasteiger partial charge in [0.1, 0.15) is 5.82 Å². The van der Waals surface area contributed by atoms with Crippen LogP contribution in [0.3, 0.4) is 0 Å². The molecule has 4 heterocycles. The number of piperazine rings is 1.